The molecule has 5 nitrogen and oxygen atoms in total. The van der Waals surface area contributed by atoms with Crippen LogP contribution in [0.5, 0.6) is 0 Å². The Morgan fingerprint density at radius 2 is 1.94 bits per heavy atom. The summed E-state index contributed by atoms with van der Waals surface area (Å²) in [5.74, 6) is -2.92. The molecule has 0 saturated carbocycles. The van der Waals surface area contributed by atoms with Crippen LogP contribution < -0.4 is 11.1 Å². The van der Waals surface area contributed by atoms with Gasteiger partial charge in [-0.05, 0) is 20.3 Å². The van der Waals surface area contributed by atoms with Crippen LogP contribution in [0, 0.1) is 5.92 Å². The molecule has 0 aromatic heterocycles. The van der Waals surface area contributed by atoms with Crippen molar-refractivity contribution in [1.29, 1.82) is 0 Å². The molecule has 3 unspecified atom stereocenters. The van der Waals surface area contributed by atoms with Gasteiger partial charge in [-0.15, -0.1) is 0 Å². The summed E-state index contributed by atoms with van der Waals surface area (Å²) in [6.07, 6.45) is -4.86. The molecular weight excluding hydrogens is 239 g/mol. The van der Waals surface area contributed by atoms with Gasteiger partial charge in [0.05, 0.1) is 6.10 Å². The first-order valence-corrected chi connectivity index (χ1v) is 5.14. The topological polar surface area (TPSA) is 90.9 Å². The van der Waals surface area contributed by atoms with Crippen LogP contribution in [-0.4, -0.2) is 41.0 Å². The Morgan fingerprint density at radius 1 is 1.41 bits per heavy atom. The molecule has 0 heterocycles. The zero-order chi connectivity index (χ0) is 13.6. The SMILES string of the molecule is CC(O)CC(C)NCC(C(N)=NO)C(F)(F)F. The van der Waals surface area contributed by atoms with Gasteiger partial charge in [-0.3, -0.25) is 0 Å². The van der Waals surface area contributed by atoms with Crippen LogP contribution in [-0.2, 0) is 0 Å². The summed E-state index contributed by atoms with van der Waals surface area (Å²) in [4.78, 5) is 0. The molecule has 0 radical (unpaired) electrons. The van der Waals surface area contributed by atoms with Crippen LogP contribution in [0.2, 0.25) is 0 Å². The number of nitrogens with one attached hydrogen (secondary N) is 1. The second-order valence-electron chi connectivity index (χ2n) is 4.01. The fraction of sp³-hybridized carbons (Fsp3) is 0.889. The summed E-state index contributed by atoms with van der Waals surface area (Å²) >= 11 is 0. The molecule has 102 valence electrons. The standard InChI is InChI=1S/C9H18F3N3O2/c1-5(3-6(2)16)14-4-7(8(13)15-17)9(10,11)12/h5-7,14,16-17H,3-4H2,1-2H3,(H2,13,15). The van der Waals surface area contributed by atoms with Crippen LogP contribution >= 0.6 is 0 Å². The molecule has 0 amide bonds. The second-order valence-corrected chi connectivity index (χ2v) is 4.01. The molecule has 0 aromatic rings. The lowest BCUT2D eigenvalue weighted by Crippen LogP contribution is -2.45. The minimum atomic E-state index is -4.58. The lowest BCUT2D eigenvalue weighted by molar-refractivity contribution is -0.155. The summed E-state index contributed by atoms with van der Waals surface area (Å²) in [6.45, 7) is 2.70. The van der Waals surface area contributed by atoms with Crippen LogP contribution in [0.1, 0.15) is 20.3 Å². The first-order valence-electron chi connectivity index (χ1n) is 5.14. The summed E-state index contributed by atoms with van der Waals surface area (Å²) in [7, 11) is 0. The van der Waals surface area contributed by atoms with E-state index < -0.39 is 30.6 Å². The maximum absolute atomic E-state index is 12.5. The zero-order valence-electron chi connectivity index (χ0n) is 9.70. The lowest BCUT2D eigenvalue weighted by atomic mass is 10.1. The maximum Gasteiger partial charge on any atom is 0.400 e. The Morgan fingerprint density at radius 3 is 2.29 bits per heavy atom. The van der Waals surface area contributed by atoms with Crippen molar-refractivity contribution in [2.75, 3.05) is 6.54 Å². The minimum absolute atomic E-state index is 0.300. The Balaban J connectivity index is 4.38. The van der Waals surface area contributed by atoms with Gasteiger partial charge in [-0.25, -0.2) is 0 Å². The van der Waals surface area contributed by atoms with Gasteiger partial charge in [-0.1, -0.05) is 5.16 Å². The van der Waals surface area contributed by atoms with Crippen molar-refractivity contribution in [1.82, 2.24) is 5.32 Å². The Bertz CT molecular complexity index is 256. The van der Waals surface area contributed by atoms with Crippen molar-refractivity contribution in [3.05, 3.63) is 0 Å². The molecular formula is C9H18F3N3O2. The number of rotatable bonds is 6. The maximum atomic E-state index is 12.5. The smallest absolute Gasteiger partial charge is 0.400 e. The Hall–Kier alpha value is -1.02. The average Bonchev–Trinajstić information content (AvgIpc) is 2.14. The number of aliphatic hydroxyl groups excluding tert-OH is 1. The molecule has 3 atom stereocenters. The minimum Gasteiger partial charge on any atom is -0.409 e. The fourth-order valence-corrected chi connectivity index (χ4v) is 1.37. The number of oxime groups is 1. The molecule has 0 rings (SSSR count). The number of hydrogen-bond acceptors (Lipinski definition) is 4. The van der Waals surface area contributed by atoms with E-state index in [0.29, 0.717) is 6.42 Å². The van der Waals surface area contributed by atoms with Gasteiger partial charge in [0.2, 0.25) is 0 Å². The van der Waals surface area contributed by atoms with Gasteiger partial charge in [0.25, 0.3) is 0 Å². The van der Waals surface area contributed by atoms with Crippen LogP contribution in [0.15, 0.2) is 5.16 Å². The normalized spacial score (nSPS) is 18.8. The molecule has 0 aliphatic heterocycles. The Kier molecular flexibility index (Phi) is 6.25. The van der Waals surface area contributed by atoms with E-state index in [1.54, 1.807) is 13.8 Å². The average molecular weight is 257 g/mol. The van der Waals surface area contributed by atoms with E-state index in [9.17, 15) is 13.2 Å². The third kappa shape index (κ3) is 6.32. The predicted octanol–water partition coefficient (Wildman–Crippen LogP) is 0.660. The molecule has 8 heteroatoms. The molecule has 0 aromatic carbocycles. The molecule has 0 bridgehead atoms. The van der Waals surface area contributed by atoms with Gasteiger partial charge < -0.3 is 21.4 Å². The molecule has 0 spiro atoms. The fourth-order valence-electron chi connectivity index (χ4n) is 1.37. The van der Waals surface area contributed by atoms with Crippen LogP contribution in [0.25, 0.3) is 0 Å². The van der Waals surface area contributed by atoms with E-state index in [4.69, 9.17) is 16.0 Å². The van der Waals surface area contributed by atoms with E-state index in [-0.39, 0.29) is 6.04 Å². The number of aliphatic hydroxyl groups is 1. The van der Waals surface area contributed by atoms with Crippen molar-refractivity contribution in [3.8, 4) is 0 Å². The van der Waals surface area contributed by atoms with Gasteiger partial charge in [0.15, 0.2) is 5.84 Å². The number of alkyl halides is 3. The van der Waals surface area contributed by atoms with Crippen molar-refractivity contribution in [2.45, 2.75) is 38.6 Å². The highest BCUT2D eigenvalue weighted by molar-refractivity contribution is 5.83. The number of nitrogens with two attached hydrogens (primary N) is 1. The monoisotopic (exact) mass is 257 g/mol. The molecule has 5 N–H and O–H groups in total. The van der Waals surface area contributed by atoms with E-state index in [2.05, 4.69) is 10.5 Å². The van der Waals surface area contributed by atoms with Crippen molar-refractivity contribution in [3.63, 3.8) is 0 Å². The third-order valence-electron chi connectivity index (χ3n) is 2.23. The molecule has 0 aliphatic rings. The first-order chi connectivity index (χ1) is 7.68. The van der Waals surface area contributed by atoms with E-state index >= 15 is 0 Å². The van der Waals surface area contributed by atoms with E-state index in [0.717, 1.165) is 0 Å². The summed E-state index contributed by atoms with van der Waals surface area (Å²) < 4.78 is 37.5. The van der Waals surface area contributed by atoms with Gasteiger partial charge in [-0.2, -0.15) is 13.2 Å². The summed E-state index contributed by atoms with van der Waals surface area (Å²) in [5, 5.41) is 22.3. The second kappa shape index (κ2) is 6.65. The molecule has 17 heavy (non-hydrogen) atoms. The van der Waals surface area contributed by atoms with Crippen molar-refractivity contribution < 1.29 is 23.5 Å². The molecule has 0 fully saturated rings. The zero-order valence-corrected chi connectivity index (χ0v) is 9.70. The molecule has 0 saturated heterocycles. The highest BCUT2D eigenvalue weighted by atomic mass is 19.4. The quantitative estimate of drug-likeness (QED) is 0.243. The number of nitrogens with zero attached hydrogens (tertiary/aromatic N) is 1. The number of halogens is 3. The Labute approximate surface area is 97.5 Å². The van der Waals surface area contributed by atoms with Gasteiger partial charge in [0, 0.05) is 12.6 Å². The number of hydrogen-bond donors (Lipinski definition) is 4. The van der Waals surface area contributed by atoms with Gasteiger partial charge >= 0.3 is 6.18 Å². The van der Waals surface area contributed by atoms with Gasteiger partial charge in [0.1, 0.15) is 5.92 Å². The number of amidine groups is 1. The lowest BCUT2D eigenvalue weighted by Gasteiger charge is -2.22. The van der Waals surface area contributed by atoms with Crippen LogP contribution in [0.4, 0.5) is 13.2 Å². The van der Waals surface area contributed by atoms with E-state index in [1.807, 2.05) is 0 Å². The summed E-state index contributed by atoms with van der Waals surface area (Å²) in [6, 6.07) is -0.300. The third-order valence-corrected chi connectivity index (χ3v) is 2.23. The van der Waals surface area contributed by atoms with Crippen LogP contribution in [0.3, 0.4) is 0 Å². The highest BCUT2D eigenvalue weighted by Crippen LogP contribution is 2.26. The first kappa shape index (κ1) is 16.0. The predicted molar refractivity (Wildman–Crippen MR) is 56.7 cm³/mol. The summed E-state index contributed by atoms with van der Waals surface area (Å²) in [5.41, 5.74) is 4.98. The van der Waals surface area contributed by atoms with Crippen molar-refractivity contribution >= 4 is 5.84 Å². The largest absolute Gasteiger partial charge is 0.409 e. The molecule has 0 aliphatic carbocycles. The highest BCUT2D eigenvalue weighted by Gasteiger charge is 2.42. The van der Waals surface area contributed by atoms with Crippen molar-refractivity contribution in [2.24, 2.45) is 16.8 Å². The van der Waals surface area contributed by atoms with E-state index in [1.165, 1.54) is 0 Å².